The van der Waals surface area contributed by atoms with Gasteiger partial charge in [-0.1, -0.05) is 0 Å². The number of guanidine groups is 2. The first-order valence-corrected chi connectivity index (χ1v) is 12.0. The Bertz CT molecular complexity index is 512. The van der Waals surface area contributed by atoms with Crippen LogP contribution in [-0.4, -0.2) is 91.6 Å². The van der Waals surface area contributed by atoms with Gasteiger partial charge in [-0.05, 0) is 0 Å². The van der Waals surface area contributed by atoms with Crippen molar-refractivity contribution in [2.75, 3.05) is 0 Å². The third-order valence-corrected chi connectivity index (χ3v) is 0. The van der Waals surface area contributed by atoms with Gasteiger partial charge in [-0.2, -0.15) is 0 Å². The minimum Gasteiger partial charge on any atom is 3.00 e. The Labute approximate surface area is 172 Å². The van der Waals surface area contributed by atoms with Crippen molar-refractivity contribution >= 4 is 91.6 Å². The fourth-order valence-electron chi connectivity index (χ4n) is 0. The molecular weight excluding hydrogens is 676 g/mol. The minimum atomic E-state index is -5.75. The summed E-state index contributed by atoms with van der Waals surface area (Å²) in [5.74, 6) is -0.667. The van der Waals surface area contributed by atoms with Crippen LogP contribution in [0.3, 0.4) is 0 Å². The van der Waals surface area contributed by atoms with E-state index in [-0.39, 0.29) is 51.5 Å². The molecule has 0 aliphatic rings. The van der Waals surface area contributed by atoms with E-state index in [4.69, 9.17) is 59.0 Å². The van der Waals surface area contributed by atoms with Crippen molar-refractivity contribution < 1.29 is 48.1 Å². The molecule has 0 heterocycles. The molecule has 18 nitrogen and oxygen atoms in total. The molecular formula is C2H10Ga2N6O12Se3. The van der Waals surface area contributed by atoms with Crippen molar-refractivity contribution in [2.24, 2.45) is 22.9 Å². The fraction of sp³-hybridized carbons (Fsp3) is 0. The average Bonchev–Trinajstić information content (AvgIpc) is 1.85. The Hall–Kier alpha value is -0.0688. The molecule has 0 radical (unpaired) electrons. The molecule has 0 rings (SSSR count). The van der Waals surface area contributed by atoms with Gasteiger partial charge < -0.3 is 22.9 Å². The van der Waals surface area contributed by atoms with Crippen molar-refractivity contribution in [3.05, 3.63) is 0 Å². The first-order valence-electron chi connectivity index (χ1n) is 3.65. The van der Waals surface area contributed by atoms with E-state index in [0.29, 0.717) is 0 Å². The molecule has 10 N–H and O–H groups in total. The maximum absolute atomic E-state index is 8.59. The van der Waals surface area contributed by atoms with Crippen molar-refractivity contribution in [3.8, 4) is 0 Å². The quantitative estimate of drug-likeness (QED) is 0.0782. The van der Waals surface area contributed by atoms with Gasteiger partial charge in [0.15, 0.2) is 11.9 Å². The van der Waals surface area contributed by atoms with Gasteiger partial charge in [0.2, 0.25) is 0 Å². The van der Waals surface area contributed by atoms with Crippen LogP contribution in [0.2, 0.25) is 0 Å². The summed E-state index contributed by atoms with van der Waals surface area (Å²) in [5, 5.41) is 12.1. The zero-order valence-electron chi connectivity index (χ0n) is 11.6. The summed E-state index contributed by atoms with van der Waals surface area (Å²) in [4.78, 5) is 0. The monoisotopic (exact) mass is 688 g/mol. The second kappa shape index (κ2) is 22.0. The van der Waals surface area contributed by atoms with Gasteiger partial charge in [0, 0.05) is 0 Å². The number of nitrogens with two attached hydrogens (primary N) is 4. The molecule has 144 valence electrons. The third-order valence-electron chi connectivity index (χ3n) is 0. The molecule has 0 atom stereocenters. The van der Waals surface area contributed by atoms with Crippen LogP contribution in [-0.2, 0) is 23.0 Å². The summed E-state index contributed by atoms with van der Waals surface area (Å²) in [5.41, 5.74) is 17.9. The molecule has 0 spiro atoms. The van der Waals surface area contributed by atoms with Crippen LogP contribution in [0.4, 0.5) is 0 Å². The third kappa shape index (κ3) is 2430000. The SMILES string of the molecule is N=C(N)N.N=C(N)N.O=[Se](=O)([O-])[O-].O=[Se](=O)([O-])[O-].O=[Se](=O)([O-])[O-].[Ga+3].[Ga+3]. The molecule has 0 unspecified atom stereocenters. The van der Waals surface area contributed by atoms with Crippen LogP contribution in [0, 0.1) is 10.8 Å². The van der Waals surface area contributed by atoms with E-state index in [1.165, 1.54) is 0 Å². The molecule has 0 aliphatic heterocycles. The van der Waals surface area contributed by atoms with Crippen molar-refractivity contribution in [1.29, 1.82) is 10.8 Å². The second-order valence-corrected chi connectivity index (χ2v) is 7.27. The molecule has 0 aromatic rings. The molecule has 0 aromatic heterocycles. The van der Waals surface area contributed by atoms with Gasteiger partial charge in [0.1, 0.15) is 0 Å². The molecule has 0 saturated carbocycles. The summed E-state index contributed by atoms with van der Waals surface area (Å²) in [6.45, 7) is 0. The summed E-state index contributed by atoms with van der Waals surface area (Å²) in [7, 11) is 0. The first-order chi connectivity index (χ1) is 9.46. The average molecular weight is 686 g/mol. The molecule has 25 heavy (non-hydrogen) atoms. The van der Waals surface area contributed by atoms with E-state index < -0.39 is 40.1 Å². The first kappa shape index (κ1) is 44.4. The topological polar surface area (TPSA) is 393 Å². The van der Waals surface area contributed by atoms with Crippen LogP contribution in [0.25, 0.3) is 0 Å². The predicted molar refractivity (Wildman–Crippen MR) is 65.1 cm³/mol. The molecule has 0 fully saturated rings. The van der Waals surface area contributed by atoms with Gasteiger partial charge in [-0.3, -0.25) is 10.8 Å². The number of hydrogen-bond donors (Lipinski definition) is 6. The minimum absolute atomic E-state index is 0. The number of nitrogens with one attached hydrogen (secondary N) is 2. The van der Waals surface area contributed by atoms with E-state index in [1.54, 1.807) is 0 Å². The summed E-state index contributed by atoms with van der Waals surface area (Å²) >= 11 is -17.2. The van der Waals surface area contributed by atoms with Gasteiger partial charge in [-0.25, -0.2) is 0 Å². The Morgan fingerprint density at radius 1 is 0.520 bits per heavy atom. The number of rotatable bonds is 0. The molecule has 23 heteroatoms. The van der Waals surface area contributed by atoms with Gasteiger partial charge in [-0.15, -0.1) is 0 Å². The maximum Gasteiger partial charge on any atom is 3.00 e. The van der Waals surface area contributed by atoms with Gasteiger partial charge in [0.25, 0.3) is 0 Å². The summed E-state index contributed by atoms with van der Waals surface area (Å²) < 4.78 is 103. The standard InChI is InChI=1S/2CH5N3.2Ga.3H2O4Se/c2*2-1(3)4;;;3*1-5(2,3)4/h2*(H5,2,3,4);;;3*(H2,1,2,3,4)/q;;2*+3;;;/p-6. The Morgan fingerprint density at radius 3 is 0.520 bits per heavy atom. The van der Waals surface area contributed by atoms with Crippen molar-refractivity contribution in [2.45, 2.75) is 0 Å². The largest absolute Gasteiger partial charge is 3.00 e. The van der Waals surface area contributed by atoms with E-state index in [9.17, 15) is 0 Å². The fourth-order valence-corrected chi connectivity index (χ4v) is 0. The molecule has 0 aliphatic carbocycles. The van der Waals surface area contributed by atoms with Crippen LogP contribution in [0.15, 0.2) is 0 Å². The van der Waals surface area contributed by atoms with E-state index in [1.807, 2.05) is 0 Å². The van der Waals surface area contributed by atoms with Crippen LogP contribution in [0.1, 0.15) is 0 Å². The zero-order valence-corrected chi connectivity index (χ0v) is 21.6. The van der Waals surface area contributed by atoms with Crippen molar-refractivity contribution in [3.63, 3.8) is 0 Å². The maximum atomic E-state index is 8.59. The normalized spacial score (nSPS) is 8.88. The number of hydrogen-bond acceptors (Lipinski definition) is 14. The second-order valence-electron chi connectivity index (χ2n) is 2.14. The smallest absolute Gasteiger partial charge is 3.00 e. The van der Waals surface area contributed by atoms with Crippen LogP contribution < -0.4 is 48.1 Å². The van der Waals surface area contributed by atoms with Crippen LogP contribution in [0.5, 0.6) is 0 Å². The molecule has 0 aromatic carbocycles. The van der Waals surface area contributed by atoms with Gasteiger partial charge in [0.05, 0.1) is 0 Å². The van der Waals surface area contributed by atoms with Crippen LogP contribution >= 0.6 is 0 Å². The Balaban J connectivity index is -0.0000000319. The van der Waals surface area contributed by atoms with Gasteiger partial charge >= 0.3 is 128 Å². The molecule has 0 saturated heterocycles. The Kier molecular flexibility index (Phi) is 39.0. The predicted octanol–water partition coefficient (Wildman–Crippen LogP) is -12.1. The molecule has 0 bridgehead atoms. The van der Waals surface area contributed by atoms with E-state index in [2.05, 4.69) is 22.9 Å². The summed E-state index contributed by atoms with van der Waals surface area (Å²) in [6, 6.07) is 0. The molecule has 0 amide bonds. The Morgan fingerprint density at radius 2 is 0.520 bits per heavy atom. The van der Waals surface area contributed by atoms with E-state index in [0.717, 1.165) is 0 Å². The zero-order chi connectivity index (χ0) is 20.7. The summed E-state index contributed by atoms with van der Waals surface area (Å²) in [6.07, 6.45) is 0. The van der Waals surface area contributed by atoms with Crippen molar-refractivity contribution in [1.82, 2.24) is 0 Å². The van der Waals surface area contributed by atoms with E-state index >= 15 is 0 Å².